The van der Waals surface area contributed by atoms with E-state index in [1.165, 1.54) is 0 Å². The molecule has 5 heteroatoms. The van der Waals surface area contributed by atoms with Crippen LogP contribution in [0, 0.1) is 17.8 Å². The van der Waals surface area contributed by atoms with Crippen LogP contribution in [0.2, 0.25) is 0 Å². The Morgan fingerprint density at radius 1 is 1.18 bits per heavy atom. The van der Waals surface area contributed by atoms with Crippen molar-refractivity contribution in [2.75, 3.05) is 13.1 Å². The third kappa shape index (κ3) is 2.25. The van der Waals surface area contributed by atoms with E-state index in [4.69, 9.17) is 4.74 Å². The molecule has 5 nitrogen and oxygen atoms in total. The summed E-state index contributed by atoms with van der Waals surface area (Å²) in [5, 5.41) is 9.40. The van der Waals surface area contributed by atoms with E-state index >= 15 is 0 Å². The number of carbonyl (C=O) groups is 2. The summed E-state index contributed by atoms with van der Waals surface area (Å²) < 4.78 is 5.75. The molecule has 1 N–H and O–H groups in total. The van der Waals surface area contributed by atoms with Gasteiger partial charge >= 0.3 is 5.97 Å². The molecule has 0 radical (unpaired) electrons. The molecule has 1 saturated carbocycles. The Morgan fingerprint density at radius 2 is 1.95 bits per heavy atom. The fraction of sp³-hybridized carbons (Fsp3) is 0.529. The monoisotopic (exact) mass is 301 g/mol. The van der Waals surface area contributed by atoms with Crippen molar-refractivity contribution in [3.63, 3.8) is 0 Å². The van der Waals surface area contributed by atoms with Crippen LogP contribution in [0.5, 0.6) is 5.75 Å². The SMILES string of the molecule is O=C(O)[C@H]1CN(C(=O)C2Cc3ccccc3O2)C[C@@H]1C1CC1. The second-order valence-corrected chi connectivity index (χ2v) is 6.61. The van der Waals surface area contributed by atoms with Crippen LogP contribution >= 0.6 is 0 Å². The quantitative estimate of drug-likeness (QED) is 0.920. The maximum atomic E-state index is 12.7. The molecule has 0 aromatic heterocycles. The molecule has 1 unspecified atom stereocenters. The summed E-state index contributed by atoms with van der Waals surface area (Å²) in [6.07, 6.45) is 2.28. The molecular weight excluding hydrogens is 282 g/mol. The van der Waals surface area contributed by atoms with Crippen molar-refractivity contribution in [2.45, 2.75) is 25.4 Å². The zero-order valence-corrected chi connectivity index (χ0v) is 12.3. The molecule has 3 aliphatic rings. The van der Waals surface area contributed by atoms with Crippen molar-refractivity contribution >= 4 is 11.9 Å². The van der Waals surface area contributed by atoms with Crippen LogP contribution in [-0.2, 0) is 16.0 Å². The van der Waals surface area contributed by atoms with Crippen molar-refractivity contribution in [3.8, 4) is 5.75 Å². The molecular formula is C17H19NO4. The average Bonchev–Trinajstić information content (AvgIpc) is 3.11. The van der Waals surface area contributed by atoms with Gasteiger partial charge in [0.05, 0.1) is 5.92 Å². The zero-order valence-electron chi connectivity index (χ0n) is 12.3. The van der Waals surface area contributed by atoms with Gasteiger partial charge in [0, 0.05) is 19.5 Å². The third-order valence-corrected chi connectivity index (χ3v) is 5.14. The molecule has 1 aliphatic carbocycles. The number of amides is 1. The molecule has 1 aromatic carbocycles. The number of likely N-dealkylation sites (tertiary alicyclic amines) is 1. The van der Waals surface area contributed by atoms with Gasteiger partial charge in [-0.1, -0.05) is 18.2 Å². The van der Waals surface area contributed by atoms with E-state index < -0.39 is 18.0 Å². The molecule has 22 heavy (non-hydrogen) atoms. The summed E-state index contributed by atoms with van der Waals surface area (Å²) in [6, 6.07) is 7.68. The van der Waals surface area contributed by atoms with Crippen LogP contribution in [0.25, 0.3) is 0 Å². The lowest BCUT2D eigenvalue weighted by atomic mass is 9.92. The Hall–Kier alpha value is -2.04. The molecule has 116 valence electrons. The van der Waals surface area contributed by atoms with Gasteiger partial charge in [-0.3, -0.25) is 9.59 Å². The summed E-state index contributed by atoms with van der Waals surface area (Å²) >= 11 is 0. The first-order valence-electron chi connectivity index (χ1n) is 7.89. The summed E-state index contributed by atoms with van der Waals surface area (Å²) in [4.78, 5) is 25.8. The van der Waals surface area contributed by atoms with Gasteiger partial charge in [-0.05, 0) is 36.3 Å². The van der Waals surface area contributed by atoms with Crippen LogP contribution in [0.15, 0.2) is 24.3 Å². The van der Waals surface area contributed by atoms with Gasteiger partial charge in [-0.15, -0.1) is 0 Å². The predicted molar refractivity (Wildman–Crippen MR) is 78.5 cm³/mol. The van der Waals surface area contributed by atoms with Crippen molar-refractivity contribution in [1.29, 1.82) is 0 Å². The first-order valence-corrected chi connectivity index (χ1v) is 7.89. The van der Waals surface area contributed by atoms with E-state index in [-0.39, 0.29) is 11.8 Å². The molecule has 2 heterocycles. The molecule has 4 rings (SSSR count). The molecule has 1 saturated heterocycles. The zero-order chi connectivity index (χ0) is 15.3. The molecule has 0 spiro atoms. The maximum absolute atomic E-state index is 12.7. The Balaban J connectivity index is 1.47. The maximum Gasteiger partial charge on any atom is 0.308 e. The highest BCUT2D eigenvalue weighted by Crippen LogP contribution is 2.44. The van der Waals surface area contributed by atoms with Gasteiger partial charge in [0.15, 0.2) is 6.10 Å². The number of carboxylic acid groups (broad SMARTS) is 1. The van der Waals surface area contributed by atoms with E-state index in [0.29, 0.717) is 25.4 Å². The van der Waals surface area contributed by atoms with E-state index in [1.807, 2.05) is 24.3 Å². The molecule has 1 aromatic rings. The predicted octanol–water partition coefficient (Wildman–Crippen LogP) is 1.56. The summed E-state index contributed by atoms with van der Waals surface area (Å²) in [5.74, 6) is 0.119. The summed E-state index contributed by atoms with van der Waals surface area (Å²) in [7, 11) is 0. The molecule has 0 bridgehead atoms. The topological polar surface area (TPSA) is 66.8 Å². The van der Waals surface area contributed by atoms with Crippen LogP contribution in [0.3, 0.4) is 0 Å². The number of rotatable bonds is 3. The van der Waals surface area contributed by atoms with Crippen LogP contribution in [-0.4, -0.2) is 41.1 Å². The lowest BCUT2D eigenvalue weighted by Crippen LogP contribution is -2.40. The van der Waals surface area contributed by atoms with Crippen molar-refractivity contribution in [2.24, 2.45) is 17.8 Å². The smallest absolute Gasteiger partial charge is 0.308 e. The van der Waals surface area contributed by atoms with E-state index in [1.54, 1.807) is 4.90 Å². The van der Waals surface area contributed by atoms with Crippen molar-refractivity contribution in [3.05, 3.63) is 29.8 Å². The van der Waals surface area contributed by atoms with Crippen molar-refractivity contribution < 1.29 is 19.4 Å². The third-order valence-electron chi connectivity index (χ3n) is 5.14. The standard InChI is InChI=1S/C17H19NO4/c19-16(15-7-11-3-1-2-4-14(11)22-15)18-8-12(10-5-6-10)13(9-18)17(20)21/h1-4,10,12-13,15H,5-9H2,(H,20,21)/t12-,13+,15?/m1/s1. The van der Waals surface area contributed by atoms with E-state index in [0.717, 1.165) is 24.2 Å². The second-order valence-electron chi connectivity index (χ2n) is 6.61. The van der Waals surface area contributed by atoms with Gasteiger partial charge in [-0.2, -0.15) is 0 Å². The fourth-order valence-corrected chi connectivity index (χ4v) is 3.80. The lowest BCUT2D eigenvalue weighted by molar-refractivity contribution is -0.143. The number of aliphatic carboxylic acids is 1. The number of ether oxygens (including phenoxy) is 1. The molecule has 3 atom stereocenters. The minimum absolute atomic E-state index is 0.0643. The molecule has 1 amide bonds. The minimum Gasteiger partial charge on any atom is -0.481 e. The fourth-order valence-electron chi connectivity index (χ4n) is 3.80. The molecule has 2 fully saturated rings. The minimum atomic E-state index is -0.775. The van der Waals surface area contributed by atoms with Gasteiger partial charge in [0.2, 0.25) is 0 Å². The van der Waals surface area contributed by atoms with E-state index in [2.05, 4.69) is 0 Å². The van der Waals surface area contributed by atoms with Gasteiger partial charge in [-0.25, -0.2) is 0 Å². The number of para-hydroxylation sites is 1. The first-order chi connectivity index (χ1) is 10.6. The highest BCUT2D eigenvalue weighted by atomic mass is 16.5. The number of carbonyl (C=O) groups excluding carboxylic acids is 1. The number of nitrogens with zero attached hydrogens (tertiary/aromatic N) is 1. The van der Waals surface area contributed by atoms with Gasteiger partial charge in [0.1, 0.15) is 5.75 Å². The van der Waals surface area contributed by atoms with E-state index in [9.17, 15) is 14.7 Å². The van der Waals surface area contributed by atoms with Crippen LogP contribution < -0.4 is 4.74 Å². The Morgan fingerprint density at radius 3 is 2.64 bits per heavy atom. The number of carboxylic acids is 1. The second kappa shape index (κ2) is 5.00. The largest absolute Gasteiger partial charge is 0.481 e. The first kappa shape index (κ1) is 13.6. The number of benzene rings is 1. The highest BCUT2D eigenvalue weighted by molar-refractivity contribution is 5.84. The Labute approximate surface area is 128 Å². The number of fused-ring (bicyclic) bond motifs is 1. The van der Waals surface area contributed by atoms with Gasteiger partial charge in [0.25, 0.3) is 5.91 Å². The Kier molecular flexibility index (Phi) is 3.10. The highest BCUT2D eigenvalue weighted by Gasteiger charge is 2.48. The van der Waals surface area contributed by atoms with Gasteiger partial charge < -0.3 is 14.7 Å². The molecule has 2 aliphatic heterocycles. The average molecular weight is 301 g/mol. The van der Waals surface area contributed by atoms with Crippen LogP contribution in [0.4, 0.5) is 0 Å². The van der Waals surface area contributed by atoms with Crippen LogP contribution in [0.1, 0.15) is 18.4 Å². The normalized spacial score (nSPS) is 30.0. The summed E-state index contributed by atoms with van der Waals surface area (Å²) in [5.41, 5.74) is 1.05. The van der Waals surface area contributed by atoms with Crippen molar-refractivity contribution in [1.82, 2.24) is 4.90 Å². The summed E-state index contributed by atoms with van der Waals surface area (Å²) in [6.45, 7) is 0.891. The lowest BCUT2D eigenvalue weighted by Gasteiger charge is -2.20. The Bertz CT molecular complexity index is 600. The number of hydrogen-bond donors (Lipinski definition) is 1. The number of hydrogen-bond acceptors (Lipinski definition) is 3.